The number of anilines is 2. The number of halogens is 1. The van der Waals surface area contributed by atoms with Gasteiger partial charge in [-0.3, -0.25) is 4.79 Å². The van der Waals surface area contributed by atoms with E-state index in [0.717, 1.165) is 0 Å². The van der Waals surface area contributed by atoms with Gasteiger partial charge in [-0.25, -0.2) is 13.2 Å². The number of sulfone groups is 1. The second kappa shape index (κ2) is 11.4. The zero-order valence-corrected chi connectivity index (χ0v) is 21.3. The molecule has 0 aliphatic carbocycles. The van der Waals surface area contributed by atoms with Gasteiger partial charge in [0, 0.05) is 28.2 Å². The molecule has 0 heterocycles. The van der Waals surface area contributed by atoms with Crippen LogP contribution in [0, 0.1) is 5.92 Å². The Bertz CT molecular complexity index is 1290. The Hall–Kier alpha value is -3.36. The molecule has 0 aromatic heterocycles. The van der Waals surface area contributed by atoms with Crippen LogP contribution in [0.25, 0.3) is 11.1 Å². The molecule has 3 rings (SSSR count). The monoisotopic (exact) mass is 513 g/mol. The predicted molar refractivity (Wildman–Crippen MR) is 140 cm³/mol. The summed E-state index contributed by atoms with van der Waals surface area (Å²) in [6.45, 7) is 3.93. The summed E-state index contributed by atoms with van der Waals surface area (Å²) >= 11 is 5.87. The zero-order valence-electron chi connectivity index (χ0n) is 19.7. The first-order chi connectivity index (χ1) is 16.5. The predicted octanol–water partition coefficient (Wildman–Crippen LogP) is 5.59. The minimum absolute atomic E-state index is 0.163. The standard InChI is InChI=1S/C26H28ClN3O4S/c1-17(2)16-23(30-26(32)29-21-14-10-19(27)11-15-21)25(31)28-20-12-8-18(9-13-20)22-6-4-5-7-24(22)35(3,33)34/h4-15,17,23H,16H2,1-3H3,(H,28,31)(H2,29,30,32)/t23-/m1/s1. The molecule has 35 heavy (non-hydrogen) atoms. The SMILES string of the molecule is CC(C)C[C@@H](NC(=O)Nc1ccc(Cl)cc1)C(=O)Nc1ccc(-c2ccccc2S(C)(=O)=O)cc1. The lowest BCUT2D eigenvalue weighted by Gasteiger charge is -2.20. The van der Waals surface area contributed by atoms with Crippen LogP contribution < -0.4 is 16.0 Å². The van der Waals surface area contributed by atoms with Gasteiger partial charge >= 0.3 is 6.03 Å². The van der Waals surface area contributed by atoms with Crippen LogP contribution in [0.2, 0.25) is 5.02 Å². The summed E-state index contributed by atoms with van der Waals surface area (Å²) in [5.74, 6) is -0.189. The van der Waals surface area contributed by atoms with Gasteiger partial charge in [0.2, 0.25) is 5.91 Å². The van der Waals surface area contributed by atoms with Gasteiger partial charge < -0.3 is 16.0 Å². The normalized spacial score (nSPS) is 12.1. The lowest BCUT2D eigenvalue weighted by Crippen LogP contribution is -2.46. The molecule has 3 aromatic carbocycles. The van der Waals surface area contributed by atoms with Gasteiger partial charge in [-0.05, 0) is 60.4 Å². The van der Waals surface area contributed by atoms with Gasteiger partial charge in [-0.15, -0.1) is 0 Å². The summed E-state index contributed by atoms with van der Waals surface area (Å²) < 4.78 is 24.2. The van der Waals surface area contributed by atoms with Crippen molar-refractivity contribution in [2.24, 2.45) is 5.92 Å². The number of hydrogen-bond acceptors (Lipinski definition) is 4. The molecule has 3 N–H and O–H groups in total. The Labute approximate surface area is 210 Å². The van der Waals surface area contributed by atoms with Crippen molar-refractivity contribution >= 4 is 44.8 Å². The molecule has 9 heteroatoms. The molecule has 3 aromatic rings. The van der Waals surface area contributed by atoms with Crippen molar-refractivity contribution < 1.29 is 18.0 Å². The highest BCUT2D eigenvalue weighted by molar-refractivity contribution is 7.90. The molecular weight excluding hydrogens is 486 g/mol. The number of nitrogens with one attached hydrogen (secondary N) is 3. The Kier molecular flexibility index (Phi) is 8.53. The summed E-state index contributed by atoms with van der Waals surface area (Å²) in [4.78, 5) is 25.7. The van der Waals surface area contributed by atoms with E-state index < -0.39 is 21.9 Å². The van der Waals surface area contributed by atoms with E-state index in [-0.39, 0.29) is 16.7 Å². The molecule has 184 valence electrons. The maximum absolute atomic E-state index is 13.0. The van der Waals surface area contributed by atoms with E-state index >= 15 is 0 Å². The fourth-order valence-corrected chi connectivity index (χ4v) is 4.59. The highest BCUT2D eigenvalue weighted by atomic mass is 35.5. The van der Waals surface area contributed by atoms with Crippen molar-refractivity contribution in [1.29, 1.82) is 0 Å². The minimum Gasteiger partial charge on any atom is -0.326 e. The van der Waals surface area contributed by atoms with Crippen LogP contribution in [0.1, 0.15) is 20.3 Å². The fourth-order valence-electron chi connectivity index (χ4n) is 3.55. The first-order valence-corrected chi connectivity index (χ1v) is 13.3. The molecule has 0 saturated heterocycles. The van der Waals surface area contributed by atoms with Crippen molar-refractivity contribution in [3.05, 3.63) is 77.8 Å². The molecule has 0 aliphatic heterocycles. The Balaban J connectivity index is 1.71. The van der Waals surface area contributed by atoms with E-state index in [1.54, 1.807) is 72.8 Å². The van der Waals surface area contributed by atoms with Crippen LogP contribution in [-0.2, 0) is 14.6 Å². The van der Waals surface area contributed by atoms with Gasteiger partial charge in [0.05, 0.1) is 4.90 Å². The molecule has 0 aliphatic rings. The first-order valence-electron chi connectivity index (χ1n) is 11.1. The number of urea groups is 1. The van der Waals surface area contributed by atoms with Gasteiger partial charge in [0.25, 0.3) is 0 Å². The summed E-state index contributed by atoms with van der Waals surface area (Å²) in [7, 11) is -3.39. The van der Waals surface area contributed by atoms with Crippen molar-refractivity contribution in [3.8, 4) is 11.1 Å². The molecule has 0 spiro atoms. The van der Waals surface area contributed by atoms with Crippen LogP contribution in [0.15, 0.2) is 77.7 Å². The molecule has 0 radical (unpaired) electrons. The lowest BCUT2D eigenvalue weighted by molar-refractivity contribution is -0.118. The molecule has 3 amide bonds. The van der Waals surface area contributed by atoms with E-state index in [4.69, 9.17) is 11.6 Å². The third-order valence-electron chi connectivity index (χ3n) is 5.18. The number of amides is 3. The molecule has 0 unspecified atom stereocenters. The highest BCUT2D eigenvalue weighted by Gasteiger charge is 2.22. The third-order valence-corrected chi connectivity index (χ3v) is 6.59. The molecule has 0 bridgehead atoms. The minimum atomic E-state index is -3.39. The second-order valence-corrected chi connectivity index (χ2v) is 11.0. The van der Waals surface area contributed by atoms with Crippen LogP contribution in [0.3, 0.4) is 0 Å². The number of hydrogen-bond donors (Lipinski definition) is 3. The van der Waals surface area contributed by atoms with Crippen molar-refractivity contribution in [1.82, 2.24) is 5.32 Å². The van der Waals surface area contributed by atoms with Crippen LogP contribution in [0.4, 0.5) is 16.2 Å². The van der Waals surface area contributed by atoms with Crippen molar-refractivity contribution in [2.75, 3.05) is 16.9 Å². The Morgan fingerprint density at radius 1 is 0.857 bits per heavy atom. The smallest absolute Gasteiger partial charge is 0.319 e. The highest BCUT2D eigenvalue weighted by Crippen LogP contribution is 2.28. The number of rotatable bonds is 8. The number of carbonyl (C=O) groups excluding carboxylic acids is 2. The van der Waals surface area contributed by atoms with E-state index in [2.05, 4.69) is 16.0 Å². The summed E-state index contributed by atoms with van der Waals surface area (Å²) in [6.07, 6.45) is 1.62. The number of benzene rings is 3. The van der Waals surface area contributed by atoms with E-state index in [0.29, 0.717) is 33.9 Å². The van der Waals surface area contributed by atoms with Crippen molar-refractivity contribution in [2.45, 2.75) is 31.2 Å². The Morgan fingerprint density at radius 2 is 1.43 bits per heavy atom. The maximum Gasteiger partial charge on any atom is 0.319 e. The second-order valence-electron chi connectivity index (χ2n) is 8.62. The van der Waals surface area contributed by atoms with Gasteiger partial charge in [0.1, 0.15) is 6.04 Å². The van der Waals surface area contributed by atoms with E-state index in [1.165, 1.54) is 6.26 Å². The van der Waals surface area contributed by atoms with Crippen LogP contribution in [0.5, 0.6) is 0 Å². The summed E-state index contributed by atoms with van der Waals surface area (Å²) in [5, 5.41) is 8.81. The van der Waals surface area contributed by atoms with Gasteiger partial charge in [0.15, 0.2) is 9.84 Å². The average molecular weight is 514 g/mol. The largest absolute Gasteiger partial charge is 0.326 e. The van der Waals surface area contributed by atoms with Crippen LogP contribution >= 0.6 is 11.6 Å². The van der Waals surface area contributed by atoms with Gasteiger partial charge in [-0.2, -0.15) is 0 Å². The quantitative estimate of drug-likeness (QED) is 0.365. The maximum atomic E-state index is 13.0. The van der Waals surface area contributed by atoms with Crippen LogP contribution in [-0.4, -0.2) is 32.7 Å². The first kappa shape index (κ1) is 26.2. The van der Waals surface area contributed by atoms with E-state index in [9.17, 15) is 18.0 Å². The topological polar surface area (TPSA) is 104 Å². The third kappa shape index (κ3) is 7.56. The average Bonchev–Trinajstić information content (AvgIpc) is 2.80. The fraction of sp³-hybridized carbons (Fsp3) is 0.231. The lowest BCUT2D eigenvalue weighted by atomic mass is 10.0. The van der Waals surface area contributed by atoms with Crippen molar-refractivity contribution in [3.63, 3.8) is 0 Å². The number of carbonyl (C=O) groups is 2. The van der Waals surface area contributed by atoms with Gasteiger partial charge in [-0.1, -0.05) is 55.8 Å². The van der Waals surface area contributed by atoms with E-state index in [1.807, 2.05) is 13.8 Å². The molecule has 0 saturated carbocycles. The molecule has 0 fully saturated rings. The molecule has 1 atom stereocenters. The summed E-state index contributed by atoms with van der Waals surface area (Å²) in [6, 6.07) is 19.1. The summed E-state index contributed by atoms with van der Waals surface area (Å²) in [5.41, 5.74) is 2.39. The molecule has 7 nitrogen and oxygen atoms in total. The Morgan fingerprint density at radius 3 is 2.03 bits per heavy atom. The zero-order chi connectivity index (χ0) is 25.6. The molecular formula is C26H28ClN3O4S.